The van der Waals surface area contributed by atoms with Crippen LogP contribution in [0.25, 0.3) is 0 Å². The zero-order valence-corrected chi connectivity index (χ0v) is 13.2. The summed E-state index contributed by atoms with van der Waals surface area (Å²) in [6, 6.07) is 4.69. The zero-order chi connectivity index (χ0) is 14.5. The maximum absolute atomic E-state index is 8.02. The second kappa shape index (κ2) is 7.07. The lowest BCUT2D eigenvalue weighted by Crippen LogP contribution is -2.38. The van der Waals surface area contributed by atoms with E-state index in [1.54, 1.807) is 0 Å². The SMILES string of the molecule is N=C1CCCCC(C(C/N=C2\CCCN2)c2cccs2)N1. The highest BCUT2D eigenvalue weighted by Crippen LogP contribution is 2.29. The molecule has 3 heterocycles. The Labute approximate surface area is 130 Å². The van der Waals surface area contributed by atoms with Crippen molar-refractivity contribution in [2.45, 2.75) is 50.5 Å². The Kier molecular flexibility index (Phi) is 4.91. The van der Waals surface area contributed by atoms with Gasteiger partial charge in [-0.3, -0.25) is 10.4 Å². The van der Waals surface area contributed by atoms with Crippen molar-refractivity contribution in [3.8, 4) is 0 Å². The van der Waals surface area contributed by atoms with Crippen molar-refractivity contribution in [1.29, 1.82) is 5.41 Å². The number of amidine groups is 2. The van der Waals surface area contributed by atoms with E-state index < -0.39 is 0 Å². The van der Waals surface area contributed by atoms with Crippen LogP contribution in [0.4, 0.5) is 0 Å². The van der Waals surface area contributed by atoms with Crippen molar-refractivity contribution in [2.24, 2.45) is 4.99 Å². The third-order valence-corrected chi connectivity index (χ3v) is 5.35. The molecular weight excluding hydrogens is 280 g/mol. The molecule has 0 aromatic carbocycles. The van der Waals surface area contributed by atoms with Gasteiger partial charge in [0.15, 0.2) is 0 Å². The van der Waals surface area contributed by atoms with Gasteiger partial charge < -0.3 is 10.6 Å². The van der Waals surface area contributed by atoms with Gasteiger partial charge in [0.1, 0.15) is 0 Å². The van der Waals surface area contributed by atoms with Gasteiger partial charge in [-0.2, -0.15) is 0 Å². The Morgan fingerprint density at radius 3 is 3.05 bits per heavy atom. The molecule has 0 radical (unpaired) electrons. The first-order valence-corrected chi connectivity index (χ1v) is 8.85. The summed E-state index contributed by atoms with van der Waals surface area (Å²) in [4.78, 5) is 6.21. The molecule has 2 aliphatic heterocycles. The Balaban J connectivity index is 1.75. The van der Waals surface area contributed by atoms with Crippen LogP contribution in [0, 0.1) is 5.41 Å². The van der Waals surface area contributed by atoms with Crippen LogP contribution < -0.4 is 10.6 Å². The third kappa shape index (κ3) is 3.84. The van der Waals surface area contributed by atoms with Gasteiger partial charge in [-0.1, -0.05) is 12.5 Å². The number of nitrogens with zero attached hydrogens (tertiary/aromatic N) is 1. The van der Waals surface area contributed by atoms with Crippen molar-refractivity contribution < 1.29 is 0 Å². The van der Waals surface area contributed by atoms with Gasteiger partial charge in [0, 0.05) is 36.2 Å². The Morgan fingerprint density at radius 1 is 1.33 bits per heavy atom. The topological polar surface area (TPSA) is 60.3 Å². The highest BCUT2D eigenvalue weighted by Gasteiger charge is 2.26. The highest BCUT2D eigenvalue weighted by molar-refractivity contribution is 7.10. The summed E-state index contributed by atoms with van der Waals surface area (Å²) in [5.41, 5.74) is 0. The maximum atomic E-state index is 8.02. The van der Waals surface area contributed by atoms with E-state index in [-0.39, 0.29) is 0 Å². The monoisotopic (exact) mass is 304 g/mol. The number of thiophene rings is 1. The van der Waals surface area contributed by atoms with Crippen molar-refractivity contribution >= 4 is 23.0 Å². The first kappa shape index (κ1) is 14.6. The Morgan fingerprint density at radius 2 is 2.29 bits per heavy atom. The minimum absolute atomic E-state index is 0.351. The minimum atomic E-state index is 0.351. The molecule has 3 rings (SSSR count). The van der Waals surface area contributed by atoms with Crippen LogP contribution in [-0.2, 0) is 0 Å². The van der Waals surface area contributed by atoms with Crippen molar-refractivity contribution in [3.05, 3.63) is 22.4 Å². The van der Waals surface area contributed by atoms with Gasteiger partial charge in [0.05, 0.1) is 18.2 Å². The number of aliphatic imine (C=N–C) groups is 1. The molecule has 114 valence electrons. The van der Waals surface area contributed by atoms with Crippen LogP contribution in [-0.4, -0.2) is 30.8 Å². The molecule has 2 aliphatic rings. The van der Waals surface area contributed by atoms with E-state index in [1.807, 2.05) is 11.3 Å². The van der Waals surface area contributed by atoms with Crippen LogP contribution in [0.5, 0.6) is 0 Å². The standard InChI is InChI=1S/C16H24N4S/c17-15-7-2-1-5-13(20-15)12(14-6-4-10-21-14)11-19-16-8-3-9-18-16/h4,6,10,12-13H,1-3,5,7-9,11H2,(H2,17,20)(H,18,19). The molecule has 0 aliphatic carbocycles. The van der Waals surface area contributed by atoms with Crippen LogP contribution in [0.3, 0.4) is 0 Å². The zero-order valence-electron chi connectivity index (χ0n) is 12.4. The lowest BCUT2D eigenvalue weighted by molar-refractivity contribution is 0.468. The Bertz CT molecular complexity index is 486. The molecule has 0 bridgehead atoms. The average Bonchev–Trinajstić information content (AvgIpc) is 3.13. The predicted molar refractivity (Wildman–Crippen MR) is 89.7 cm³/mol. The van der Waals surface area contributed by atoms with Gasteiger partial charge in [0.2, 0.25) is 0 Å². The first-order chi connectivity index (χ1) is 10.3. The summed E-state index contributed by atoms with van der Waals surface area (Å²) in [6.45, 7) is 1.89. The fraction of sp³-hybridized carbons (Fsp3) is 0.625. The lowest BCUT2D eigenvalue weighted by Gasteiger charge is -2.26. The molecule has 0 saturated carbocycles. The van der Waals surface area contributed by atoms with E-state index in [1.165, 1.54) is 23.6 Å². The average molecular weight is 304 g/mol. The number of hydrogen-bond donors (Lipinski definition) is 3. The Hall–Kier alpha value is -1.36. The predicted octanol–water partition coefficient (Wildman–Crippen LogP) is 3.12. The van der Waals surface area contributed by atoms with Gasteiger partial charge in [-0.15, -0.1) is 11.3 Å². The van der Waals surface area contributed by atoms with Crippen LogP contribution >= 0.6 is 11.3 Å². The van der Waals surface area contributed by atoms with Crippen LogP contribution in [0.2, 0.25) is 0 Å². The van der Waals surface area contributed by atoms with E-state index in [0.717, 1.165) is 38.8 Å². The maximum Gasteiger partial charge on any atom is 0.0963 e. The van der Waals surface area contributed by atoms with E-state index in [2.05, 4.69) is 28.1 Å². The molecule has 21 heavy (non-hydrogen) atoms. The van der Waals surface area contributed by atoms with E-state index >= 15 is 0 Å². The molecule has 2 saturated heterocycles. The third-order valence-electron chi connectivity index (χ3n) is 4.34. The van der Waals surface area contributed by atoms with E-state index in [0.29, 0.717) is 17.8 Å². The van der Waals surface area contributed by atoms with Crippen molar-refractivity contribution in [1.82, 2.24) is 10.6 Å². The van der Waals surface area contributed by atoms with Crippen molar-refractivity contribution in [3.63, 3.8) is 0 Å². The van der Waals surface area contributed by atoms with E-state index in [4.69, 9.17) is 10.4 Å². The van der Waals surface area contributed by atoms with Gasteiger partial charge in [-0.05, 0) is 30.7 Å². The first-order valence-electron chi connectivity index (χ1n) is 7.97. The molecule has 2 unspecified atom stereocenters. The smallest absolute Gasteiger partial charge is 0.0963 e. The molecule has 4 nitrogen and oxygen atoms in total. The van der Waals surface area contributed by atoms with Crippen molar-refractivity contribution in [2.75, 3.05) is 13.1 Å². The van der Waals surface area contributed by atoms with Gasteiger partial charge in [-0.25, -0.2) is 0 Å². The lowest BCUT2D eigenvalue weighted by atomic mass is 9.94. The summed E-state index contributed by atoms with van der Waals surface area (Å²) in [7, 11) is 0. The summed E-state index contributed by atoms with van der Waals surface area (Å²) in [6.07, 6.45) is 6.67. The summed E-state index contributed by atoms with van der Waals surface area (Å²) < 4.78 is 0. The quantitative estimate of drug-likeness (QED) is 0.800. The molecule has 3 N–H and O–H groups in total. The summed E-state index contributed by atoms with van der Waals surface area (Å²) in [5, 5.41) is 17.0. The fourth-order valence-corrected chi connectivity index (χ4v) is 4.06. The molecule has 1 aromatic rings. The molecule has 2 atom stereocenters. The summed E-state index contributed by atoms with van der Waals surface area (Å²) in [5.74, 6) is 2.25. The molecule has 5 heteroatoms. The molecule has 0 amide bonds. The molecular formula is C16H24N4S. The second-order valence-electron chi connectivity index (χ2n) is 5.91. The number of rotatable bonds is 4. The molecule has 0 spiro atoms. The number of hydrogen-bond acceptors (Lipinski definition) is 3. The molecule has 2 fully saturated rings. The second-order valence-corrected chi connectivity index (χ2v) is 6.89. The molecule has 1 aromatic heterocycles. The largest absolute Gasteiger partial charge is 0.374 e. The van der Waals surface area contributed by atoms with Crippen LogP contribution in [0.15, 0.2) is 22.5 Å². The van der Waals surface area contributed by atoms with Gasteiger partial charge in [0.25, 0.3) is 0 Å². The summed E-state index contributed by atoms with van der Waals surface area (Å²) >= 11 is 1.82. The van der Waals surface area contributed by atoms with Crippen LogP contribution in [0.1, 0.15) is 49.3 Å². The highest BCUT2D eigenvalue weighted by atomic mass is 32.1. The minimum Gasteiger partial charge on any atom is -0.374 e. The fourth-order valence-electron chi connectivity index (χ4n) is 3.17. The van der Waals surface area contributed by atoms with Gasteiger partial charge >= 0.3 is 0 Å². The number of nitrogens with one attached hydrogen (secondary N) is 3. The normalized spacial score (nSPS) is 26.2. The van der Waals surface area contributed by atoms with E-state index in [9.17, 15) is 0 Å².